The van der Waals surface area contributed by atoms with E-state index in [1.807, 2.05) is 30.3 Å². The number of hydrogen-bond acceptors (Lipinski definition) is 6. The Labute approximate surface area is 155 Å². The Morgan fingerprint density at radius 1 is 1.08 bits per heavy atom. The van der Waals surface area contributed by atoms with E-state index < -0.39 is 5.97 Å². The Hall–Kier alpha value is -2.84. The lowest BCUT2D eigenvalue weighted by atomic mass is 10.1. The maximum atomic E-state index is 13.3. The van der Waals surface area contributed by atoms with Crippen LogP contribution in [0, 0.1) is 5.82 Å². The maximum absolute atomic E-state index is 13.3. The van der Waals surface area contributed by atoms with Crippen LogP contribution in [0.15, 0.2) is 48.5 Å². The van der Waals surface area contributed by atoms with E-state index in [9.17, 15) is 14.3 Å². The van der Waals surface area contributed by atoms with E-state index in [1.54, 1.807) is 6.07 Å². The normalized spacial score (nSPS) is 11.0. The summed E-state index contributed by atoms with van der Waals surface area (Å²) < 4.78 is 14.1. The average Bonchev–Trinajstić information content (AvgIpc) is 3.18. The largest absolute Gasteiger partial charge is 0.481 e. The summed E-state index contributed by atoms with van der Waals surface area (Å²) in [6.07, 6.45) is -0.103. The van der Waals surface area contributed by atoms with Crippen LogP contribution >= 0.6 is 22.7 Å². The number of carbonyl (C=O) groups is 1. The van der Waals surface area contributed by atoms with E-state index >= 15 is 0 Å². The van der Waals surface area contributed by atoms with Gasteiger partial charge in [-0.2, -0.15) is 0 Å². The Balaban J connectivity index is 1.69. The highest BCUT2D eigenvalue weighted by Gasteiger charge is 2.16. The van der Waals surface area contributed by atoms with Crippen LogP contribution in [-0.2, 0) is 11.2 Å². The number of rotatable bonds is 5. The first kappa shape index (κ1) is 16.6. The maximum Gasteiger partial charge on any atom is 0.308 e. The second-order valence-electron chi connectivity index (χ2n) is 5.48. The molecule has 0 radical (unpaired) electrons. The fraction of sp³-hybridized carbons (Fsp3) is 0.0556. The first-order valence-corrected chi connectivity index (χ1v) is 9.32. The lowest BCUT2D eigenvalue weighted by Crippen LogP contribution is -1.99. The second-order valence-corrected chi connectivity index (χ2v) is 7.60. The predicted octanol–water partition coefficient (Wildman–Crippen LogP) is 4.93. The van der Waals surface area contributed by atoms with Gasteiger partial charge in [0.15, 0.2) is 10.3 Å². The molecule has 2 heterocycles. The van der Waals surface area contributed by atoms with Crippen molar-refractivity contribution in [3.05, 3.63) is 59.2 Å². The van der Waals surface area contributed by atoms with Gasteiger partial charge in [-0.15, -0.1) is 11.3 Å². The second kappa shape index (κ2) is 6.81. The van der Waals surface area contributed by atoms with Crippen molar-refractivity contribution >= 4 is 49.1 Å². The molecule has 4 rings (SSSR count). The number of thiazole rings is 2. The molecule has 26 heavy (non-hydrogen) atoms. The van der Waals surface area contributed by atoms with Gasteiger partial charge >= 0.3 is 5.97 Å². The summed E-state index contributed by atoms with van der Waals surface area (Å²) in [7, 11) is 0. The minimum Gasteiger partial charge on any atom is -0.481 e. The van der Waals surface area contributed by atoms with Gasteiger partial charge in [-0.3, -0.25) is 4.79 Å². The van der Waals surface area contributed by atoms with Crippen molar-refractivity contribution in [2.24, 2.45) is 0 Å². The molecule has 0 bridgehead atoms. The quantitative estimate of drug-likeness (QED) is 0.509. The van der Waals surface area contributed by atoms with Gasteiger partial charge in [-0.25, -0.2) is 14.4 Å². The van der Waals surface area contributed by atoms with Gasteiger partial charge in [0, 0.05) is 10.4 Å². The van der Waals surface area contributed by atoms with Gasteiger partial charge in [0.2, 0.25) is 0 Å². The Bertz CT molecular complexity index is 1090. The van der Waals surface area contributed by atoms with Crippen molar-refractivity contribution < 1.29 is 14.3 Å². The van der Waals surface area contributed by atoms with Crippen LogP contribution in [-0.4, -0.2) is 21.0 Å². The number of aromatic nitrogens is 2. The first-order valence-electron chi connectivity index (χ1n) is 7.68. The SMILES string of the molecule is O=C(O)Cc1sc(Nc2nc3ccc(F)cc3s2)nc1-c1ccccc1. The van der Waals surface area contributed by atoms with Crippen molar-refractivity contribution in [1.29, 1.82) is 0 Å². The molecule has 0 aliphatic rings. The molecule has 5 nitrogen and oxygen atoms in total. The third kappa shape index (κ3) is 3.42. The summed E-state index contributed by atoms with van der Waals surface area (Å²) >= 11 is 2.60. The summed E-state index contributed by atoms with van der Waals surface area (Å²) in [4.78, 5) is 20.8. The number of hydrogen-bond donors (Lipinski definition) is 2. The lowest BCUT2D eigenvalue weighted by Gasteiger charge is -1.99. The predicted molar refractivity (Wildman–Crippen MR) is 102 cm³/mol. The highest BCUT2D eigenvalue weighted by atomic mass is 32.1. The number of halogens is 1. The molecule has 2 aromatic carbocycles. The number of carboxylic acids is 1. The Kier molecular flexibility index (Phi) is 4.36. The van der Waals surface area contributed by atoms with Crippen molar-refractivity contribution in [3.8, 4) is 11.3 Å². The number of carboxylic acid groups (broad SMARTS) is 1. The molecule has 0 saturated heterocycles. The molecule has 0 aliphatic heterocycles. The van der Waals surface area contributed by atoms with Crippen molar-refractivity contribution in [2.75, 3.05) is 5.32 Å². The van der Waals surface area contributed by atoms with Crippen LogP contribution < -0.4 is 5.32 Å². The van der Waals surface area contributed by atoms with Gasteiger partial charge < -0.3 is 10.4 Å². The molecular formula is C18H12FN3O2S2. The van der Waals surface area contributed by atoms with Crippen LogP contribution in [0.3, 0.4) is 0 Å². The minimum atomic E-state index is -0.909. The van der Waals surface area contributed by atoms with Crippen molar-refractivity contribution in [1.82, 2.24) is 9.97 Å². The number of fused-ring (bicyclic) bond motifs is 1. The molecule has 0 saturated carbocycles. The highest BCUT2D eigenvalue weighted by Crippen LogP contribution is 2.35. The number of aliphatic carboxylic acids is 1. The zero-order chi connectivity index (χ0) is 18.1. The third-order valence-electron chi connectivity index (χ3n) is 3.62. The summed E-state index contributed by atoms with van der Waals surface area (Å²) in [5.74, 6) is -1.22. The minimum absolute atomic E-state index is 0.103. The van der Waals surface area contributed by atoms with Crippen LogP contribution in [0.25, 0.3) is 21.5 Å². The molecule has 2 N–H and O–H groups in total. The lowest BCUT2D eigenvalue weighted by molar-refractivity contribution is -0.136. The zero-order valence-corrected chi connectivity index (χ0v) is 14.9. The van der Waals surface area contributed by atoms with Gasteiger partial charge in [0.05, 0.1) is 22.3 Å². The topological polar surface area (TPSA) is 75.1 Å². The van der Waals surface area contributed by atoms with Crippen LogP contribution in [0.2, 0.25) is 0 Å². The van der Waals surface area contributed by atoms with Gasteiger partial charge in [-0.05, 0) is 18.2 Å². The summed E-state index contributed by atoms with van der Waals surface area (Å²) in [5, 5.41) is 13.4. The molecule has 8 heteroatoms. The van der Waals surface area contributed by atoms with E-state index in [2.05, 4.69) is 15.3 Å². The molecule has 130 valence electrons. The van der Waals surface area contributed by atoms with Crippen molar-refractivity contribution in [3.63, 3.8) is 0 Å². The molecule has 0 unspecified atom stereocenters. The summed E-state index contributed by atoms with van der Waals surface area (Å²) in [6.45, 7) is 0. The fourth-order valence-electron chi connectivity index (χ4n) is 2.53. The zero-order valence-electron chi connectivity index (χ0n) is 13.3. The molecular weight excluding hydrogens is 373 g/mol. The van der Waals surface area contributed by atoms with Crippen LogP contribution in [0.4, 0.5) is 14.7 Å². The average molecular weight is 385 g/mol. The van der Waals surface area contributed by atoms with E-state index in [-0.39, 0.29) is 12.2 Å². The monoisotopic (exact) mass is 385 g/mol. The number of anilines is 2. The van der Waals surface area contributed by atoms with E-state index in [0.717, 1.165) is 10.3 Å². The Morgan fingerprint density at radius 3 is 2.62 bits per heavy atom. The van der Waals surface area contributed by atoms with E-state index in [1.165, 1.54) is 34.8 Å². The number of benzene rings is 2. The molecule has 0 spiro atoms. The Morgan fingerprint density at radius 2 is 1.85 bits per heavy atom. The molecule has 0 fully saturated rings. The molecule has 2 aromatic heterocycles. The third-order valence-corrected chi connectivity index (χ3v) is 5.53. The summed E-state index contributed by atoms with van der Waals surface area (Å²) in [6, 6.07) is 13.9. The smallest absolute Gasteiger partial charge is 0.308 e. The molecule has 4 aromatic rings. The highest BCUT2D eigenvalue weighted by molar-refractivity contribution is 7.22. The van der Waals surface area contributed by atoms with Crippen LogP contribution in [0.1, 0.15) is 4.88 Å². The van der Waals surface area contributed by atoms with Crippen LogP contribution in [0.5, 0.6) is 0 Å². The van der Waals surface area contributed by atoms with Gasteiger partial charge in [0.1, 0.15) is 5.82 Å². The van der Waals surface area contributed by atoms with Gasteiger partial charge in [-0.1, -0.05) is 41.7 Å². The van der Waals surface area contributed by atoms with Crippen molar-refractivity contribution in [2.45, 2.75) is 6.42 Å². The molecule has 0 aliphatic carbocycles. The first-order chi connectivity index (χ1) is 12.6. The van der Waals surface area contributed by atoms with E-state index in [0.29, 0.717) is 26.4 Å². The number of nitrogens with one attached hydrogen (secondary N) is 1. The van der Waals surface area contributed by atoms with E-state index in [4.69, 9.17) is 0 Å². The molecule has 0 atom stereocenters. The van der Waals surface area contributed by atoms with Gasteiger partial charge in [0.25, 0.3) is 0 Å². The standard InChI is InChI=1S/C18H12FN3O2S2/c19-11-6-7-12-13(8-11)25-17(20-12)22-18-21-16(10-4-2-1-3-5-10)14(26-18)9-15(23)24/h1-8H,9H2,(H,23,24)(H,20,21,22). The fourth-order valence-corrected chi connectivity index (χ4v) is 4.46. The number of nitrogens with zero attached hydrogens (tertiary/aromatic N) is 2. The summed E-state index contributed by atoms with van der Waals surface area (Å²) in [5.41, 5.74) is 2.21. The molecule has 0 amide bonds.